The fourth-order valence-electron chi connectivity index (χ4n) is 2.35. The first-order valence-corrected chi connectivity index (χ1v) is 8.12. The maximum Gasteiger partial charge on any atom is 0.229 e. The lowest BCUT2D eigenvalue weighted by atomic mass is 10.2. The summed E-state index contributed by atoms with van der Waals surface area (Å²) in [6, 6.07) is 8.41. The molecule has 0 aliphatic carbocycles. The predicted molar refractivity (Wildman–Crippen MR) is 97.7 cm³/mol. The summed E-state index contributed by atoms with van der Waals surface area (Å²) < 4.78 is 45.6. The van der Waals surface area contributed by atoms with Gasteiger partial charge in [0.2, 0.25) is 5.95 Å². The van der Waals surface area contributed by atoms with E-state index < -0.39 is 17.5 Å². The first-order chi connectivity index (χ1) is 12.9. The zero-order valence-electron chi connectivity index (χ0n) is 14.3. The van der Waals surface area contributed by atoms with E-state index in [9.17, 15) is 13.2 Å². The Morgan fingerprint density at radius 3 is 2.44 bits per heavy atom. The van der Waals surface area contributed by atoms with Crippen molar-refractivity contribution in [1.29, 1.82) is 0 Å². The molecule has 0 fully saturated rings. The van der Waals surface area contributed by atoms with Crippen molar-refractivity contribution in [2.24, 2.45) is 0 Å². The monoisotopic (exact) mass is 394 g/mol. The van der Waals surface area contributed by atoms with Gasteiger partial charge in [-0.25, -0.2) is 18.2 Å². The van der Waals surface area contributed by atoms with Crippen LogP contribution in [0.2, 0.25) is 5.02 Å². The Morgan fingerprint density at radius 2 is 1.70 bits per heavy atom. The van der Waals surface area contributed by atoms with Gasteiger partial charge in [0.05, 0.1) is 18.5 Å². The van der Waals surface area contributed by atoms with E-state index in [1.54, 1.807) is 25.1 Å². The summed E-state index contributed by atoms with van der Waals surface area (Å²) in [4.78, 5) is 8.45. The van der Waals surface area contributed by atoms with Crippen molar-refractivity contribution in [1.82, 2.24) is 9.97 Å². The van der Waals surface area contributed by atoms with Crippen LogP contribution in [-0.2, 0) is 0 Å². The molecule has 2 N–H and O–H groups in total. The largest absolute Gasteiger partial charge is 0.495 e. The van der Waals surface area contributed by atoms with Gasteiger partial charge in [0, 0.05) is 16.8 Å². The van der Waals surface area contributed by atoms with Gasteiger partial charge in [0.15, 0.2) is 17.5 Å². The second-order valence-corrected chi connectivity index (χ2v) is 5.97. The lowest BCUT2D eigenvalue weighted by Gasteiger charge is -2.13. The van der Waals surface area contributed by atoms with Crippen molar-refractivity contribution in [3.63, 3.8) is 0 Å². The molecule has 0 aliphatic heterocycles. The zero-order chi connectivity index (χ0) is 19.6. The first kappa shape index (κ1) is 18.8. The number of methoxy groups -OCH3 is 1. The average Bonchev–Trinajstić information content (AvgIpc) is 2.62. The molecule has 140 valence electrons. The number of rotatable bonds is 5. The molecule has 1 heterocycles. The Hall–Kier alpha value is -3.00. The lowest BCUT2D eigenvalue weighted by molar-refractivity contribution is 0.417. The second-order valence-electron chi connectivity index (χ2n) is 5.54. The van der Waals surface area contributed by atoms with Gasteiger partial charge in [-0.05, 0) is 37.3 Å². The van der Waals surface area contributed by atoms with Gasteiger partial charge in [0.25, 0.3) is 0 Å². The third kappa shape index (κ3) is 4.22. The van der Waals surface area contributed by atoms with Gasteiger partial charge in [-0.3, -0.25) is 0 Å². The Balaban J connectivity index is 1.91. The number of benzene rings is 2. The van der Waals surface area contributed by atoms with Crippen molar-refractivity contribution in [3.8, 4) is 5.75 Å². The predicted octanol–water partition coefficient (Wildman–Crippen LogP) is 5.35. The SMILES string of the molecule is COc1ccc(Cl)cc1Nc1nc(C)cc(Nc2ccc(F)c(F)c2F)n1. The fraction of sp³-hybridized carbons (Fsp3) is 0.111. The van der Waals surface area contributed by atoms with Crippen molar-refractivity contribution in [2.45, 2.75) is 6.92 Å². The van der Waals surface area contributed by atoms with Gasteiger partial charge >= 0.3 is 0 Å². The summed E-state index contributed by atoms with van der Waals surface area (Å²) >= 11 is 6.00. The van der Waals surface area contributed by atoms with Crippen LogP contribution in [0.1, 0.15) is 5.69 Å². The lowest BCUT2D eigenvalue weighted by Crippen LogP contribution is -2.05. The molecule has 0 atom stereocenters. The Labute approximate surface area is 158 Å². The topological polar surface area (TPSA) is 59.1 Å². The maximum atomic E-state index is 13.9. The Morgan fingerprint density at radius 1 is 0.926 bits per heavy atom. The van der Waals surface area contributed by atoms with Gasteiger partial charge < -0.3 is 15.4 Å². The highest BCUT2D eigenvalue weighted by Gasteiger charge is 2.15. The van der Waals surface area contributed by atoms with E-state index in [0.717, 1.165) is 12.1 Å². The van der Waals surface area contributed by atoms with Crippen molar-refractivity contribution >= 4 is 34.7 Å². The van der Waals surface area contributed by atoms with Crippen LogP contribution in [0.3, 0.4) is 0 Å². The summed E-state index contributed by atoms with van der Waals surface area (Å²) in [5, 5.41) is 6.06. The molecule has 0 aliphatic rings. The third-order valence-corrected chi connectivity index (χ3v) is 3.80. The number of aryl methyl sites for hydroxylation is 1. The smallest absolute Gasteiger partial charge is 0.229 e. The van der Waals surface area contributed by atoms with Crippen LogP contribution in [-0.4, -0.2) is 17.1 Å². The summed E-state index contributed by atoms with van der Waals surface area (Å²) in [5.41, 5.74) is 0.831. The van der Waals surface area contributed by atoms with Crippen LogP contribution in [0.4, 0.5) is 36.3 Å². The van der Waals surface area contributed by atoms with Crippen LogP contribution in [0, 0.1) is 24.4 Å². The van der Waals surface area contributed by atoms with E-state index >= 15 is 0 Å². The van der Waals surface area contributed by atoms with Crippen molar-refractivity contribution in [3.05, 3.63) is 64.6 Å². The number of hydrogen-bond donors (Lipinski definition) is 2. The molecule has 27 heavy (non-hydrogen) atoms. The molecule has 2 aromatic carbocycles. The highest BCUT2D eigenvalue weighted by atomic mass is 35.5. The number of nitrogens with one attached hydrogen (secondary N) is 2. The molecular weight excluding hydrogens is 381 g/mol. The van der Waals surface area contributed by atoms with Crippen LogP contribution in [0.25, 0.3) is 0 Å². The highest BCUT2D eigenvalue weighted by Crippen LogP contribution is 2.30. The van der Waals surface area contributed by atoms with E-state index in [2.05, 4.69) is 20.6 Å². The minimum absolute atomic E-state index is 0.182. The normalized spacial score (nSPS) is 10.6. The maximum absolute atomic E-state index is 13.9. The zero-order valence-corrected chi connectivity index (χ0v) is 15.0. The van der Waals surface area contributed by atoms with Crippen LogP contribution < -0.4 is 15.4 Å². The number of nitrogens with zero attached hydrogens (tertiary/aromatic N) is 2. The van der Waals surface area contributed by atoms with Crippen LogP contribution in [0.15, 0.2) is 36.4 Å². The molecule has 0 spiro atoms. The van der Waals surface area contributed by atoms with Crippen LogP contribution in [0.5, 0.6) is 5.75 Å². The highest BCUT2D eigenvalue weighted by molar-refractivity contribution is 6.31. The molecule has 3 aromatic rings. The average molecular weight is 395 g/mol. The first-order valence-electron chi connectivity index (χ1n) is 7.74. The minimum Gasteiger partial charge on any atom is -0.495 e. The Kier molecular flexibility index (Phi) is 5.36. The van der Waals surface area contributed by atoms with E-state index in [4.69, 9.17) is 16.3 Å². The number of hydrogen-bond acceptors (Lipinski definition) is 5. The number of aromatic nitrogens is 2. The van der Waals surface area contributed by atoms with Gasteiger partial charge in [0.1, 0.15) is 11.6 Å². The molecule has 5 nitrogen and oxygen atoms in total. The molecule has 0 saturated heterocycles. The molecule has 0 saturated carbocycles. The minimum atomic E-state index is -1.56. The molecule has 1 aromatic heterocycles. The fourth-order valence-corrected chi connectivity index (χ4v) is 2.52. The number of ether oxygens (including phenoxy) is 1. The van der Waals surface area contributed by atoms with Gasteiger partial charge in [-0.1, -0.05) is 11.6 Å². The molecular formula is C18H14ClF3N4O. The Bertz CT molecular complexity index is 1000. The molecule has 3 rings (SSSR count). The van der Waals surface area contributed by atoms with Gasteiger partial charge in [-0.15, -0.1) is 0 Å². The van der Waals surface area contributed by atoms with E-state index in [1.165, 1.54) is 13.2 Å². The summed E-state index contributed by atoms with van der Waals surface area (Å²) in [6.45, 7) is 1.70. The van der Waals surface area contributed by atoms with Crippen molar-refractivity contribution < 1.29 is 17.9 Å². The molecule has 9 heteroatoms. The van der Waals surface area contributed by atoms with E-state index in [1.807, 2.05) is 0 Å². The molecule has 0 unspecified atom stereocenters. The summed E-state index contributed by atoms with van der Waals surface area (Å²) in [6.07, 6.45) is 0. The quantitative estimate of drug-likeness (QED) is 0.571. The standard InChI is InChI=1S/C18H14ClF3N4O/c1-9-7-15(24-12-5-4-11(20)16(21)17(12)22)26-18(23-9)25-13-8-10(19)3-6-14(13)27-2/h3-8H,1-2H3,(H2,23,24,25,26). The summed E-state index contributed by atoms with van der Waals surface area (Å²) in [7, 11) is 1.50. The summed E-state index contributed by atoms with van der Waals surface area (Å²) in [5.74, 6) is -3.28. The van der Waals surface area contributed by atoms with Crippen molar-refractivity contribution in [2.75, 3.05) is 17.7 Å². The molecule has 0 bridgehead atoms. The number of anilines is 4. The van der Waals surface area contributed by atoms with E-state index in [-0.39, 0.29) is 17.5 Å². The molecule has 0 amide bonds. The van der Waals surface area contributed by atoms with Gasteiger partial charge in [-0.2, -0.15) is 4.98 Å². The number of halogens is 4. The second kappa shape index (κ2) is 7.71. The van der Waals surface area contributed by atoms with Crippen LogP contribution >= 0.6 is 11.6 Å². The molecule has 0 radical (unpaired) electrons. The third-order valence-electron chi connectivity index (χ3n) is 3.56. The van der Waals surface area contributed by atoms with E-state index in [0.29, 0.717) is 22.2 Å².